The molecule has 0 heterocycles. The Balaban J connectivity index is 2.92. The third-order valence-corrected chi connectivity index (χ3v) is 2.01. The predicted octanol–water partition coefficient (Wildman–Crippen LogP) is 2.93. The van der Waals surface area contributed by atoms with E-state index in [1.165, 1.54) is 7.11 Å². The van der Waals surface area contributed by atoms with Gasteiger partial charge in [-0.15, -0.1) is 11.6 Å². The highest BCUT2D eigenvalue weighted by Gasteiger charge is 2.01. The van der Waals surface area contributed by atoms with Gasteiger partial charge in [-0.05, 0) is 12.1 Å². The Morgan fingerprint density at radius 2 is 2.00 bits per heavy atom. The monoisotopic (exact) mass is 217 g/mol. The number of nitrogens with zero attached hydrogens (tertiary/aromatic N) is 1. The lowest BCUT2D eigenvalue weighted by molar-refractivity contribution is 0.213. The summed E-state index contributed by atoms with van der Waals surface area (Å²) in [5.74, 6) is 0.315. The maximum Gasteiger partial charge on any atom is 0.106 e. The van der Waals surface area contributed by atoms with Crippen molar-refractivity contribution in [2.75, 3.05) is 13.0 Å². The molecule has 1 rings (SSSR count). The quantitative estimate of drug-likeness (QED) is 0.434. The van der Waals surface area contributed by atoms with Crippen LogP contribution in [0.25, 0.3) is 0 Å². The maximum absolute atomic E-state index is 5.73. The average Bonchev–Trinajstić information content (AvgIpc) is 2.16. The highest BCUT2D eigenvalue weighted by molar-refractivity contribution is 6.32. The van der Waals surface area contributed by atoms with Gasteiger partial charge in [0.15, 0.2) is 0 Å². The van der Waals surface area contributed by atoms with E-state index < -0.39 is 0 Å². The third kappa shape index (κ3) is 2.90. The highest BCUT2D eigenvalue weighted by Crippen LogP contribution is 2.11. The summed E-state index contributed by atoms with van der Waals surface area (Å²) >= 11 is 11.4. The normalized spacial score (nSPS) is 11.5. The van der Waals surface area contributed by atoms with Gasteiger partial charge in [-0.1, -0.05) is 28.9 Å². The molecule has 0 saturated carbocycles. The second-order valence-electron chi connectivity index (χ2n) is 2.36. The molecule has 0 aliphatic rings. The van der Waals surface area contributed by atoms with Crippen LogP contribution in [0.5, 0.6) is 0 Å². The molecule has 0 aromatic heterocycles. The van der Waals surface area contributed by atoms with Gasteiger partial charge in [0.05, 0.1) is 5.88 Å². The zero-order valence-corrected chi connectivity index (χ0v) is 8.64. The van der Waals surface area contributed by atoms with Gasteiger partial charge in [-0.25, -0.2) is 0 Å². The fourth-order valence-corrected chi connectivity index (χ4v) is 1.24. The number of rotatable bonds is 3. The van der Waals surface area contributed by atoms with Crippen LogP contribution in [0.2, 0.25) is 5.02 Å². The summed E-state index contributed by atoms with van der Waals surface area (Å²) in [7, 11) is 1.49. The van der Waals surface area contributed by atoms with E-state index >= 15 is 0 Å². The minimum atomic E-state index is 0.315. The number of alkyl halides is 1. The first-order chi connectivity index (χ1) is 6.27. The molecule has 1 aromatic carbocycles. The van der Waals surface area contributed by atoms with Crippen molar-refractivity contribution in [3.8, 4) is 0 Å². The zero-order chi connectivity index (χ0) is 9.68. The second kappa shape index (κ2) is 5.10. The van der Waals surface area contributed by atoms with Crippen LogP contribution in [-0.2, 0) is 4.84 Å². The molecule has 0 atom stereocenters. The Kier molecular flexibility index (Phi) is 4.06. The van der Waals surface area contributed by atoms with Crippen LogP contribution in [0, 0.1) is 0 Å². The fraction of sp³-hybridized carbons (Fsp3) is 0.222. The van der Waals surface area contributed by atoms with Crippen LogP contribution in [-0.4, -0.2) is 18.7 Å². The summed E-state index contributed by atoms with van der Waals surface area (Å²) < 4.78 is 0. The first-order valence-corrected chi connectivity index (χ1v) is 4.61. The molecule has 0 radical (unpaired) electrons. The minimum Gasteiger partial charge on any atom is -0.399 e. The largest absolute Gasteiger partial charge is 0.399 e. The molecule has 1 aromatic rings. The Morgan fingerprint density at radius 1 is 1.38 bits per heavy atom. The SMILES string of the molecule is CO/N=C(\CCl)c1ccc(Cl)cc1. The van der Waals surface area contributed by atoms with Gasteiger partial charge in [0.25, 0.3) is 0 Å². The van der Waals surface area contributed by atoms with Crippen molar-refractivity contribution in [1.82, 2.24) is 0 Å². The second-order valence-corrected chi connectivity index (χ2v) is 3.06. The molecular formula is C9H9Cl2NO. The minimum absolute atomic E-state index is 0.315. The van der Waals surface area contributed by atoms with E-state index in [1.807, 2.05) is 12.1 Å². The van der Waals surface area contributed by atoms with Crippen molar-refractivity contribution < 1.29 is 4.84 Å². The maximum atomic E-state index is 5.73. The number of benzene rings is 1. The summed E-state index contributed by atoms with van der Waals surface area (Å²) in [6.07, 6.45) is 0. The van der Waals surface area contributed by atoms with Gasteiger partial charge in [-0.2, -0.15) is 0 Å². The topological polar surface area (TPSA) is 21.6 Å². The Hall–Kier alpha value is -0.730. The first-order valence-electron chi connectivity index (χ1n) is 3.70. The molecule has 0 unspecified atom stereocenters. The van der Waals surface area contributed by atoms with E-state index in [1.54, 1.807) is 12.1 Å². The van der Waals surface area contributed by atoms with Crippen LogP contribution in [0.1, 0.15) is 5.56 Å². The van der Waals surface area contributed by atoms with Crippen molar-refractivity contribution in [1.29, 1.82) is 0 Å². The fourth-order valence-electron chi connectivity index (χ4n) is 0.907. The molecule has 0 aliphatic heterocycles. The molecular weight excluding hydrogens is 209 g/mol. The molecule has 0 amide bonds. The number of hydrogen-bond acceptors (Lipinski definition) is 2. The van der Waals surface area contributed by atoms with Gasteiger partial charge in [0.1, 0.15) is 12.8 Å². The lowest BCUT2D eigenvalue weighted by Gasteiger charge is -2.01. The van der Waals surface area contributed by atoms with Crippen molar-refractivity contribution in [3.05, 3.63) is 34.9 Å². The summed E-state index contributed by atoms with van der Waals surface area (Å²) in [6, 6.07) is 7.27. The number of halogens is 2. The Labute approximate surface area is 87.1 Å². The molecule has 0 saturated heterocycles. The standard InChI is InChI=1S/C9H9Cl2NO/c1-13-12-9(6-10)7-2-4-8(11)5-3-7/h2-5H,6H2,1H3/b12-9+. The van der Waals surface area contributed by atoms with Crippen LogP contribution >= 0.6 is 23.2 Å². The van der Waals surface area contributed by atoms with E-state index in [0.717, 1.165) is 5.56 Å². The van der Waals surface area contributed by atoms with E-state index in [4.69, 9.17) is 23.2 Å². The molecule has 2 nitrogen and oxygen atoms in total. The highest BCUT2D eigenvalue weighted by atomic mass is 35.5. The van der Waals surface area contributed by atoms with Crippen molar-refractivity contribution in [2.24, 2.45) is 5.16 Å². The van der Waals surface area contributed by atoms with Crippen molar-refractivity contribution >= 4 is 28.9 Å². The summed E-state index contributed by atoms with van der Waals surface area (Å²) in [5, 5.41) is 4.47. The van der Waals surface area contributed by atoms with Crippen LogP contribution in [0.4, 0.5) is 0 Å². The van der Waals surface area contributed by atoms with Gasteiger partial charge in [0.2, 0.25) is 0 Å². The molecule has 70 valence electrons. The molecule has 0 spiro atoms. The molecule has 0 aliphatic carbocycles. The Bertz CT molecular complexity index is 295. The lowest BCUT2D eigenvalue weighted by atomic mass is 10.1. The van der Waals surface area contributed by atoms with E-state index in [2.05, 4.69) is 9.99 Å². The number of hydrogen-bond donors (Lipinski definition) is 0. The first kappa shape index (κ1) is 10.4. The zero-order valence-electron chi connectivity index (χ0n) is 7.13. The molecule has 0 N–H and O–H groups in total. The number of oxime groups is 1. The third-order valence-electron chi connectivity index (χ3n) is 1.51. The molecule has 13 heavy (non-hydrogen) atoms. The van der Waals surface area contributed by atoms with Gasteiger partial charge in [-0.3, -0.25) is 0 Å². The average molecular weight is 218 g/mol. The van der Waals surface area contributed by atoms with E-state index in [9.17, 15) is 0 Å². The van der Waals surface area contributed by atoms with Crippen LogP contribution < -0.4 is 0 Å². The van der Waals surface area contributed by atoms with Crippen molar-refractivity contribution in [2.45, 2.75) is 0 Å². The lowest BCUT2D eigenvalue weighted by Crippen LogP contribution is -2.02. The predicted molar refractivity (Wildman–Crippen MR) is 55.7 cm³/mol. The Morgan fingerprint density at radius 3 is 2.46 bits per heavy atom. The smallest absolute Gasteiger partial charge is 0.106 e. The van der Waals surface area contributed by atoms with Gasteiger partial charge >= 0.3 is 0 Å². The summed E-state index contributed by atoms with van der Waals surface area (Å²) in [5.41, 5.74) is 1.61. The van der Waals surface area contributed by atoms with E-state index in [0.29, 0.717) is 16.6 Å². The van der Waals surface area contributed by atoms with Gasteiger partial charge < -0.3 is 4.84 Å². The molecule has 0 fully saturated rings. The van der Waals surface area contributed by atoms with Crippen LogP contribution in [0.3, 0.4) is 0 Å². The van der Waals surface area contributed by atoms with Gasteiger partial charge in [0, 0.05) is 10.6 Å². The molecule has 0 bridgehead atoms. The van der Waals surface area contributed by atoms with Crippen LogP contribution in [0.15, 0.2) is 29.4 Å². The summed E-state index contributed by atoms with van der Waals surface area (Å²) in [6.45, 7) is 0. The molecule has 4 heteroatoms. The van der Waals surface area contributed by atoms with Crippen molar-refractivity contribution in [3.63, 3.8) is 0 Å². The van der Waals surface area contributed by atoms with E-state index in [-0.39, 0.29) is 0 Å². The summed E-state index contributed by atoms with van der Waals surface area (Å²) in [4.78, 5) is 4.65.